The molecule has 3 aliphatic rings. The second-order valence-corrected chi connectivity index (χ2v) is 5.92. The van der Waals surface area contributed by atoms with Crippen LogP contribution in [0.5, 0.6) is 0 Å². The lowest BCUT2D eigenvalue weighted by Gasteiger charge is -2.34. The Bertz CT molecular complexity index is 521. The van der Waals surface area contributed by atoms with E-state index in [1.165, 1.54) is 12.8 Å². The summed E-state index contributed by atoms with van der Waals surface area (Å²) in [7, 11) is 0. The first-order chi connectivity index (χ1) is 10.3. The number of rotatable bonds is 2. The van der Waals surface area contributed by atoms with E-state index < -0.39 is 0 Å². The van der Waals surface area contributed by atoms with Gasteiger partial charge in [0.05, 0.1) is 25.5 Å². The zero-order valence-electron chi connectivity index (χ0n) is 12.0. The summed E-state index contributed by atoms with van der Waals surface area (Å²) >= 11 is 0. The van der Waals surface area contributed by atoms with Gasteiger partial charge in [-0.05, 0) is 19.4 Å². The highest BCUT2D eigenvalue weighted by atomic mass is 16.5. The zero-order chi connectivity index (χ0) is 14.2. The Morgan fingerprint density at radius 2 is 2.29 bits per heavy atom. The van der Waals surface area contributed by atoms with Crippen LogP contribution in [0.4, 0.5) is 5.82 Å². The first kappa shape index (κ1) is 13.4. The topological polar surface area (TPSA) is 85.5 Å². The summed E-state index contributed by atoms with van der Waals surface area (Å²) in [4.78, 5) is 11.8. The first-order valence-corrected chi connectivity index (χ1v) is 7.65. The highest BCUT2D eigenvalue weighted by molar-refractivity contribution is 5.46. The fraction of sp³-hybridized carbons (Fsp3) is 0.714. The van der Waals surface area contributed by atoms with Crippen LogP contribution in [0.1, 0.15) is 36.0 Å². The van der Waals surface area contributed by atoms with Crippen molar-refractivity contribution in [1.29, 1.82) is 0 Å². The van der Waals surface area contributed by atoms with Crippen LogP contribution in [0.25, 0.3) is 0 Å². The van der Waals surface area contributed by atoms with Crippen molar-refractivity contribution in [3.8, 4) is 0 Å². The molecule has 0 aliphatic carbocycles. The van der Waals surface area contributed by atoms with Gasteiger partial charge in [0.1, 0.15) is 11.9 Å². The summed E-state index contributed by atoms with van der Waals surface area (Å²) in [6, 6.07) is 0.583. The fourth-order valence-corrected chi connectivity index (χ4v) is 3.49. The molecule has 4 rings (SSSR count). The molecule has 1 aromatic rings. The number of fused-ring (bicyclic) bond motifs is 2. The quantitative estimate of drug-likeness (QED) is 0.601. The summed E-state index contributed by atoms with van der Waals surface area (Å²) in [5.41, 5.74) is 4.69. The SMILES string of the molecule is NNc1nc(C2CN3CCCC3CO2)nc2c1COCC2. The van der Waals surface area contributed by atoms with Crippen molar-refractivity contribution in [1.82, 2.24) is 14.9 Å². The van der Waals surface area contributed by atoms with Crippen molar-refractivity contribution in [2.45, 2.75) is 38.0 Å². The molecule has 3 N–H and O–H groups in total. The number of anilines is 1. The number of ether oxygens (including phenoxy) is 2. The van der Waals surface area contributed by atoms with Gasteiger partial charge in [-0.15, -0.1) is 0 Å². The summed E-state index contributed by atoms with van der Waals surface area (Å²) in [6.07, 6.45) is 3.25. The van der Waals surface area contributed by atoms with E-state index in [1.807, 2.05) is 0 Å². The van der Waals surface area contributed by atoms with Crippen molar-refractivity contribution < 1.29 is 9.47 Å². The van der Waals surface area contributed by atoms with Crippen molar-refractivity contribution in [3.63, 3.8) is 0 Å². The number of hydrogen-bond acceptors (Lipinski definition) is 7. The maximum atomic E-state index is 6.00. The molecule has 0 saturated carbocycles. The van der Waals surface area contributed by atoms with E-state index in [2.05, 4.69) is 15.3 Å². The van der Waals surface area contributed by atoms with Crippen molar-refractivity contribution in [2.24, 2.45) is 5.84 Å². The predicted molar refractivity (Wildman–Crippen MR) is 76.5 cm³/mol. The van der Waals surface area contributed by atoms with E-state index in [1.54, 1.807) is 0 Å². The number of hydrazine groups is 1. The molecule has 0 spiro atoms. The summed E-state index contributed by atoms with van der Waals surface area (Å²) in [6.45, 7) is 4.04. The van der Waals surface area contributed by atoms with E-state index in [9.17, 15) is 0 Å². The maximum Gasteiger partial charge on any atom is 0.161 e. The van der Waals surface area contributed by atoms with Crippen LogP contribution in [0.2, 0.25) is 0 Å². The van der Waals surface area contributed by atoms with Crippen LogP contribution in [0.3, 0.4) is 0 Å². The van der Waals surface area contributed by atoms with Crippen LogP contribution in [0, 0.1) is 0 Å². The van der Waals surface area contributed by atoms with Crippen LogP contribution in [0.15, 0.2) is 0 Å². The minimum absolute atomic E-state index is 0.0559. The van der Waals surface area contributed by atoms with E-state index in [0.29, 0.717) is 25.1 Å². The van der Waals surface area contributed by atoms with Gasteiger partial charge in [-0.3, -0.25) is 4.90 Å². The zero-order valence-corrected chi connectivity index (χ0v) is 12.0. The number of nitrogens with one attached hydrogen (secondary N) is 1. The number of nitrogens with two attached hydrogens (primary N) is 1. The number of nitrogen functional groups attached to an aromatic ring is 1. The van der Waals surface area contributed by atoms with Gasteiger partial charge in [0, 0.05) is 24.6 Å². The number of hydrogen-bond donors (Lipinski definition) is 2. The lowest BCUT2D eigenvalue weighted by molar-refractivity contribution is -0.0542. The van der Waals surface area contributed by atoms with E-state index in [-0.39, 0.29) is 6.10 Å². The van der Waals surface area contributed by atoms with Gasteiger partial charge in [-0.1, -0.05) is 0 Å². The molecule has 2 atom stereocenters. The van der Waals surface area contributed by atoms with Crippen molar-refractivity contribution >= 4 is 5.82 Å². The molecule has 7 nitrogen and oxygen atoms in total. The number of aromatic nitrogens is 2. The highest BCUT2D eigenvalue weighted by Crippen LogP contribution is 2.30. The van der Waals surface area contributed by atoms with Gasteiger partial charge in [0.2, 0.25) is 0 Å². The summed E-state index contributed by atoms with van der Waals surface area (Å²) in [5, 5.41) is 0. The Morgan fingerprint density at radius 1 is 1.33 bits per heavy atom. The number of morpholine rings is 1. The van der Waals surface area contributed by atoms with Gasteiger partial charge < -0.3 is 14.9 Å². The lowest BCUT2D eigenvalue weighted by Crippen LogP contribution is -2.43. The molecular weight excluding hydrogens is 270 g/mol. The lowest BCUT2D eigenvalue weighted by atomic mass is 10.1. The molecule has 0 radical (unpaired) electrons. The number of nitrogens with zero attached hydrogens (tertiary/aromatic N) is 3. The Kier molecular flexibility index (Phi) is 3.50. The van der Waals surface area contributed by atoms with Gasteiger partial charge in [0.15, 0.2) is 5.82 Å². The summed E-state index contributed by atoms with van der Waals surface area (Å²) < 4.78 is 11.5. The molecule has 3 aliphatic heterocycles. The molecule has 7 heteroatoms. The molecule has 1 aromatic heterocycles. The molecule has 114 valence electrons. The largest absolute Gasteiger partial charge is 0.376 e. The standard InChI is InChI=1S/C14H21N5O2/c15-18-13-10-8-20-5-3-11(10)16-14(17-13)12-6-19-4-1-2-9(19)7-21-12/h9,12H,1-8,15H2,(H,16,17,18). The average Bonchev–Trinajstić information content (AvgIpc) is 3.01. The molecule has 21 heavy (non-hydrogen) atoms. The van der Waals surface area contributed by atoms with Crippen LogP contribution in [-0.4, -0.2) is 47.2 Å². The van der Waals surface area contributed by atoms with E-state index in [4.69, 9.17) is 20.3 Å². The highest BCUT2D eigenvalue weighted by Gasteiger charge is 2.34. The Hall–Kier alpha value is -1.28. The van der Waals surface area contributed by atoms with Gasteiger partial charge in [-0.2, -0.15) is 0 Å². The Labute approximate surface area is 123 Å². The summed E-state index contributed by atoms with van der Waals surface area (Å²) in [5.74, 6) is 7.02. The van der Waals surface area contributed by atoms with Gasteiger partial charge >= 0.3 is 0 Å². The monoisotopic (exact) mass is 291 g/mol. The molecular formula is C14H21N5O2. The molecule has 0 aromatic carbocycles. The van der Waals surface area contributed by atoms with Gasteiger partial charge in [0.25, 0.3) is 0 Å². The molecule has 0 amide bonds. The molecule has 2 saturated heterocycles. The van der Waals surface area contributed by atoms with Crippen LogP contribution in [-0.2, 0) is 22.5 Å². The predicted octanol–water partition coefficient (Wildman–Crippen LogP) is 0.371. The minimum Gasteiger partial charge on any atom is -0.376 e. The van der Waals surface area contributed by atoms with Crippen molar-refractivity contribution in [3.05, 3.63) is 17.1 Å². The fourth-order valence-electron chi connectivity index (χ4n) is 3.49. The van der Waals surface area contributed by atoms with Crippen LogP contribution >= 0.6 is 0 Å². The van der Waals surface area contributed by atoms with Crippen LogP contribution < -0.4 is 11.3 Å². The first-order valence-electron chi connectivity index (χ1n) is 7.65. The second-order valence-electron chi connectivity index (χ2n) is 5.92. The molecule has 2 fully saturated rings. The molecule has 2 unspecified atom stereocenters. The smallest absolute Gasteiger partial charge is 0.161 e. The second kappa shape index (κ2) is 5.49. The Morgan fingerprint density at radius 3 is 3.19 bits per heavy atom. The normalized spacial score (nSPS) is 29.0. The third-order valence-electron chi connectivity index (χ3n) is 4.65. The third-order valence-corrected chi connectivity index (χ3v) is 4.65. The Balaban J connectivity index is 1.62. The average molecular weight is 291 g/mol. The minimum atomic E-state index is -0.0559. The molecule has 4 heterocycles. The molecule has 0 bridgehead atoms. The van der Waals surface area contributed by atoms with Crippen molar-refractivity contribution in [2.75, 3.05) is 31.7 Å². The van der Waals surface area contributed by atoms with Gasteiger partial charge in [-0.25, -0.2) is 15.8 Å². The third kappa shape index (κ3) is 2.40. The van der Waals surface area contributed by atoms with E-state index >= 15 is 0 Å². The maximum absolute atomic E-state index is 6.00. The van der Waals surface area contributed by atoms with E-state index in [0.717, 1.165) is 43.2 Å².